The van der Waals surface area contributed by atoms with E-state index in [1.807, 2.05) is 12.1 Å². The molecule has 1 aromatic carbocycles. The van der Waals surface area contributed by atoms with E-state index in [9.17, 15) is 4.79 Å². The second-order valence-electron chi connectivity index (χ2n) is 6.00. The van der Waals surface area contributed by atoms with Gasteiger partial charge in [-0.3, -0.25) is 4.79 Å². The average Bonchev–Trinajstić information content (AvgIpc) is 3.30. The summed E-state index contributed by atoms with van der Waals surface area (Å²) < 4.78 is 10.7. The van der Waals surface area contributed by atoms with E-state index in [1.54, 1.807) is 0 Å². The van der Waals surface area contributed by atoms with Crippen LogP contribution in [-0.4, -0.2) is 35.3 Å². The van der Waals surface area contributed by atoms with E-state index in [4.69, 9.17) is 9.26 Å². The van der Waals surface area contributed by atoms with E-state index >= 15 is 0 Å². The van der Waals surface area contributed by atoms with Crippen molar-refractivity contribution in [3.63, 3.8) is 0 Å². The third-order valence-corrected chi connectivity index (χ3v) is 4.21. The van der Waals surface area contributed by atoms with Crippen molar-refractivity contribution in [2.24, 2.45) is 0 Å². The van der Waals surface area contributed by atoms with Gasteiger partial charge in [0.2, 0.25) is 17.6 Å². The van der Waals surface area contributed by atoms with Crippen molar-refractivity contribution in [3.8, 4) is 11.4 Å². The normalized spacial score (nSPS) is 17.1. The molecule has 0 spiro atoms. The first-order valence-corrected chi connectivity index (χ1v) is 8.55. The van der Waals surface area contributed by atoms with Crippen molar-refractivity contribution in [1.29, 1.82) is 0 Å². The predicted molar refractivity (Wildman–Crippen MR) is 89.4 cm³/mol. The zero-order valence-corrected chi connectivity index (χ0v) is 14.0. The van der Waals surface area contributed by atoms with Crippen molar-refractivity contribution in [3.05, 3.63) is 35.7 Å². The predicted octanol–water partition coefficient (Wildman–Crippen LogP) is 2.53. The van der Waals surface area contributed by atoms with Crippen LogP contribution in [0.5, 0.6) is 0 Å². The molecule has 1 fully saturated rings. The molecule has 2 aromatic rings. The maximum Gasteiger partial charge on any atom is 0.227 e. The van der Waals surface area contributed by atoms with Crippen LogP contribution in [0.3, 0.4) is 0 Å². The number of amides is 1. The van der Waals surface area contributed by atoms with Crippen molar-refractivity contribution in [2.75, 3.05) is 13.2 Å². The van der Waals surface area contributed by atoms with Gasteiger partial charge in [0.25, 0.3) is 0 Å². The third-order valence-electron chi connectivity index (χ3n) is 4.21. The van der Waals surface area contributed by atoms with Crippen LogP contribution < -0.4 is 5.32 Å². The summed E-state index contributed by atoms with van der Waals surface area (Å²) in [5.41, 5.74) is 2.19. The molecule has 0 bridgehead atoms. The number of aryl methyl sites for hydroxylation is 2. The van der Waals surface area contributed by atoms with E-state index in [0.717, 1.165) is 31.4 Å². The van der Waals surface area contributed by atoms with Crippen LogP contribution in [0.15, 0.2) is 28.8 Å². The molecule has 1 saturated heterocycles. The molecular formula is C18H23N3O3. The molecule has 6 heteroatoms. The van der Waals surface area contributed by atoms with Crippen molar-refractivity contribution in [1.82, 2.24) is 15.5 Å². The lowest BCUT2D eigenvalue weighted by Crippen LogP contribution is -2.31. The highest BCUT2D eigenvalue weighted by Crippen LogP contribution is 2.17. The summed E-state index contributed by atoms with van der Waals surface area (Å²) in [6.07, 6.45) is 4.03. The molecule has 2 heterocycles. The van der Waals surface area contributed by atoms with Gasteiger partial charge < -0.3 is 14.6 Å². The molecule has 1 atom stereocenters. The molecule has 0 saturated carbocycles. The highest BCUT2D eigenvalue weighted by atomic mass is 16.5. The monoisotopic (exact) mass is 329 g/mol. The lowest BCUT2D eigenvalue weighted by molar-refractivity contribution is -0.121. The Kier molecular flexibility index (Phi) is 5.59. The van der Waals surface area contributed by atoms with Crippen molar-refractivity contribution < 1.29 is 14.1 Å². The smallest absolute Gasteiger partial charge is 0.227 e. The highest BCUT2D eigenvalue weighted by molar-refractivity contribution is 5.76. The summed E-state index contributed by atoms with van der Waals surface area (Å²) in [5.74, 6) is 1.03. The SMILES string of the molecule is CCc1ccc(-c2noc(CCC(=O)NCC3CCCO3)n2)cc1. The van der Waals surface area contributed by atoms with E-state index in [-0.39, 0.29) is 12.0 Å². The van der Waals surface area contributed by atoms with Crippen LogP contribution in [0.1, 0.15) is 37.6 Å². The maximum atomic E-state index is 11.9. The molecule has 3 rings (SSSR count). The second-order valence-corrected chi connectivity index (χ2v) is 6.00. The number of nitrogens with one attached hydrogen (secondary N) is 1. The molecule has 1 amide bonds. The fourth-order valence-corrected chi connectivity index (χ4v) is 2.71. The number of nitrogens with zero attached hydrogens (tertiary/aromatic N) is 2. The quantitative estimate of drug-likeness (QED) is 0.844. The molecule has 128 valence electrons. The van der Waals surface area contributed by atoms with Crippen LogP contribution in [-0.2, 0) is 22.4 Å². The average molecular weight is 329 g/mol. The van der Waals surface area contributed by atoms with E-state index in [1.165, 1.54) is 5.56 Å². The number of carbonyl (C=O) groups is 1. The number of rotatable bonds is 7. The van der Waals surface area contributed by atoms with Gasteiger partial charge in [-0.25, -0.2) is 0 Å². The Bertz CT molecular complexity index is 660. The number of hydrogen-bond acceptors (Lipinski definition) is 5. The Labute approximate surface area is 141 Å². The minimum Gasteiger partial charge on any atom is -0.376 e. The fraction of sp³-hybridized carbons (Fsp3) is 0.500. The molecule has 1 aromatic heterocycles. The van der Waals surface area contributed by atoms with Gasteiger partial charge in [-0.15, -0.1) is 0 Å². The molecule has 0 aliphatic carbocycles. The summed E-state index contributed by atoms with van der Waals surface area (Å²) in [6, 6.07) is 8.09. The molecule has 1 aliphatic rings. The zero-order valence-electron chi connectivity index (χ0n) is 14.0. The molecule has 0 radical (unpaired) electrons. The van der Waals surface area contributed by atoms with Crippen molar-refractivity contribution >= 4 is 5.91 Å². The lowest BCUT2D eigenvalue weighted by atomic mass is 10.1. The Morgan fingerprint density at radius 1 is 1.33 bits per heavy atom. The number of aromatic nitrogens is 2. The highest BCUT2D eigenvalue weighted by Gasteiger charge is 2.16. The second kappa shape index (κ2) is 8.06. The van der Waals surface area contributed by atoms with E-state index in [2.05, 4.69) is 34.5 Å². The Morgan fingerprint density at radius 3 is 2.88 bits per heavy atom. The molecule has 1 N–H and O–H groups in total. The number of hydrogen-bond donors (Lipinski definition) is 1. The van der Waals surface area contributed by atoms with E-state index in [0.29, 0.717) is 31.1 Å². The Morgan fingerprint density at radius 2 is 2.17 bits per heavy atom. The van der Waals surface area contributed by atoms with Crippen LogP contribution in [0, 0.1) is 0 Å². The number of carbonyl (C=O) groups excluding carboxylic acids is 1. The summed E-state index contributed by atoms with van der Waals surface area (Å²) in [6.45, 7) is 3.49. The van der Waals surface area contributed by atoms with Crippen LogP contribution in [0.25, 0.3) is 11.4 Å². The van der Waals surface area contributed by atoms with E-state index < -0.39 is 0 Å². The first-order valence-electron chi connectivity index (χ1n) is 8.55. The summed E-state index contributed by atoms with van der Waals surface area (Å²) in [4.78, 5) is 16.2. The maximum absolute atomic E-state index is 11.9. The van der Waals surface area contributed by atoms with Crippen LogP contribution >= 0.6 is 0 Å². The zero-order chi connectivity index (χ0) is 16.8. The number of benzene rings is 1. The van der Waals surface area contributed by atoms with Gasteiger partial charge in [-0.1, -0.05) is 36.3 Å². The molecular weight excluding hydrogens is 306 g/mol. The molecule has 6 nitrogen and oxygen atoms in total. The topological polar surface area (TPSA) is 77.2 Å². The van der Waals surface area contributed by atoms with Gasteiger partial charge >= 0.3 is 0 Å². The third kappa shape index (κ3) is 4.41. The summed E-state index contributed by atoms with van der Waals surface area (Å²) >= 11 is 0. The van der Waals surface area contributed by atoms with Gasteiger partial charge in [-0.2, -0.15) is 4.98 Å². The summed E-state index contributed by atoms with van der Waals surface area (Å²) in [7, 11) is 0. The number of ether oxygens (including phenoxy) is 1. The first kappa shape index (κ1) is 16.6. The molecule has 24 heavy (non-hydrogen) atoms. The van der Waals surface area contributed by atoms with Gasteiger partial charge in [0.15, 0.2) is 0 Å². The largest absolute Gasteiger partial charge is 0.376 e. The Hall–Kier alpha value is -2.21. The van der Waals surface area contributed by atoms with Crippen LogP contribution in [0.4, 0.5) is 0 Å². The minimum absolute atomic E-state index is 0.0162. The minimum atomic E-state index is -0.0162. The van der Waals surface area contributed by atoms with Crippen molar-refractivity contribution in [2.45, 2.75) is 45.1 Å². The molecule has 1 aliphatic heterocycles. The lowest BCUT2D eigenvalue weighted by Gasteiger charge is -2.09. The fourth-order valence-electron chi connectivity index (χ4n) is 2.71. The van der Waals surface area contributed by atoms with Gasteiger partial charge in [0.05, 0.1) is 6.10 Å². The Balaban J connectivity index is 1.47. The van der Waals surface area contributed by atoms with Crippen LogP contribution in [0.2, 0.25) is 0 Å². The van der Waals surface area contributed by atoms with Gasteiger partial charge in [-0.05, 0) is 24.8 Å². The standard InChI is InChI=1S/C18H23N3O3/c1-2-13-5-7-14(8-6-13)18-20-17(24-21-18)10-9-16(22)19-12-15-4-3-11-23-15/h5-8,15H,2-4,9-12H2,1H3,(H,19,22). The first-order chi connectivity index (χ1) is 11.7. The van der Waals surface area contributed by atoms with Gasteiger partial charge in [0.1, 0.15) is 0 Å². The van der Waals surface area contributed by atoms with Gasteiger partial charge in [0, 0.05) is 31.6 Å². The molecule has 1 unspecified atom stereocenters. The summed E-state index contributed by atoms with van der Waals surface area (Å²) in [5, 5.41) is 6.88.